The summed E-state index contributed by atoms with van der Waals surface area (Å²) in [5, 5.41) is 3.53. The van der Waals surface area contributed by atoms with Crippen molar-refractivity contribution in [3.63, 3.8) is 0 Å². The van der Waals surface area contributed by atoms with E-state index in [1.165, 1.54) is 12.8 Å². The molecule has 3 aliphatic rings. The van der Waals surface area contributed by atoms with Crippen LogP contribution < -0.4 is 5.32 Å². The molecule has 0 aromatic carbocycles. The van der Waals surface area contributed by atoms with Crippen molar-refractivity contribution in [2.24, 2.45) is 11.3 Å². The van der Waals surface area contributed by atoms with Gasteiger partial charge in [-0.2, -0.15) is 0 Å². The molecule has 0 aromatic heterocycles. The van der Waals surface area contributed by atoms with Crippen LogP contribution in [0, 0.1) is 11.3 Å². The minimum atomic E-state index is -2.53. The predicted molar refractivity (Wildman–Crippen MR) is 68.4 cm³/mol. The predicted octanol–water partition coefficient (Wildman–Crippen LogP) is 3.00. The molecule has 3 rings (SSSR count). The van der Waals surface area contributed by atoms with Gasteiger partial charge in [-0.1, -0.05) is 13.8 Å². The summed E-state index contributed by atoms with van der Waals surface area (Å²) in [6.45, 7) is 3.49. The minimum Gasteiger partial charge on any atom is -0.378 e. The van der Waals surface area contributed by atoms with Gasteiger partial charge in [0.15, 0.2) is 0 Å². The number of piperidine rings is 1. The molecule has 2 bridgehead atoms. The van der Waals surface area contributed by atoms with E-state index in [0.29, 0.717) is 12.1 Å². The lowest BCUT2D eigenvalue weighted by Crippen LogP contribution is -2.41. The molecule has 1 saturated carbocycles. The van der Waals surface area contributed by atoms with E-state index in [4.69, 9.17) is 4.74 Å². The molecule has 3 unspecified atom stereocenters. The van der Waals surface area contributed by atoms with Crippen molar-refractivity contribution < 1.29 is 13.5 Å². The Kier molecular flexibility index (Phi) is 3.67. The Bertz CT molecular complexity index is 298. The van der Waals surface area contributed by atoms with Gasteiger partial charge in [0.2, 0.25) is 0 Å². The first-order valence-electron chi connectivity index (χ1n) is 6.66. The summed E-state index contributed by atoms with van der Waals surface area (Å²) >= 11 is 0. The molecule has 2 aliphatic heterocycles. The van der Waals surface area contributed by atoms with Crippen LogP contribution in [0.15, 0.2) is 0 Å². The van der Waals surface area contributed by atoms with Crippen molar-refractivity contribution >= 4 is 12.4 Å². The number of nitrogens with one attached hydrogen (secondary N) is 1. The molecule has 3 fully saturated rings. The Morgan fingerprint density at radius 1 is 1.17 bits per heavy atom. The highest BCUT2D eigenvalue weighted by molar-refractivity contribution is 5.85. The Morgan fingerprint density at radius 2 is 1.67 bits per heavy atom. The highest BCUT2D eigenvalue weighted by Gasteiger charge is 2.74. The fraction of sp³-hybridized carbons (Fsp3) is 1.00. The van der Waals surface area contributed by atoms with Gasteiger partial charge >= 0.3 is 0 Å². The van der Waals surface area contributed by atoms with E-state index in [9.17, 15) is 8.78 Å². The van der Waals surface area contributed by atoms with Gasteiger partial charge in [-0.15, -0.1) is 12.4 Å². The molecule has 0 amide bonds. The molecule has 2 heterocycles. The molecule has 106 valence electrons. The minimum absolute atomic E-state index is 0. The monoisotopic (exact) mass is 281 g/mol. The number of hydrogen-bond acceptors (Lipinski definition) is 2. The molecule has 2 nitrogen and oxygen atoms in total. The second-order valence-electron chi connectivity index (χ2n) is 6.46. The molecule has 0 spiro atoms. The number of halogens is 3. The van der Waals surface area contributed by atoms with Crippen LogP contribution in [0.1, 0.15) is 39.5 Å². The first-order chi connectivity index (χ1) is 7.91. The fourth-order valence-electron chi connectivity index (χ4n) is 3.44. The van der Waals surface area contributed by atoms with Crippen molar-refractivity contribution in [1.29, 1.82) is 0 Å². The maximum absolute atomic E-state index is 13.4. The number of fused-ring (bicyclic) bond motifs is 2. The van der Waals surface area contributed by atoms with Crippen molar-refractivity contribution in [3.8, 4) is 0 Å². The summed E-state index contributed by atoms with van der Waals surface area (Å²) in [4.78, 5) is 0. The van der Waals surface area contributed by atoms with Gasteiger partial charge < -0.3 is 10.1 Å². The van der Waals surface area contributed by atoms with Gasteiger partial charge in [0.25, 0.3) is 5.92 Å². The standard InChI is InChI=1S/C13H21F2NO.ClH/c1-12(2)11(13(12,14)15)7-17-10-5-8-3-4-9(6-10)16-8;/h8-11,16H,3-7H2,1-2H3;1H. The number of alkyl halides is 2. The molecule has 2 saturated heterocycles. The highest BCUT2D eigenvalue weighted by Crippen LogP contribution is 2.65. The average Bonchev–Trinajstić information content (AvgIpc) is 2.54. The van der Waals surface area contributed by atoms with Crippen LogP contribution in [0.5, 0.6) is 0 Å². The molecule has 1 aliphatic carbocycles. The molecule has 1 N–H and O–H groups in total. The second-order valence-corrected chi connectivity index (χ2v) is 6.46. The van der Waals surface area contributed by atoms with Gasteiger partial charge in [0.05, 0.1) is 18.6 Å². The summed E-state index contributed by atoms with van der Waals surface area (Å²) in [5.74, 6) is -3.11. The normalized spacial score (nSPS) is 43.3. The maximum atomic E-state index is 13.4. The van der Waals surface area contributed by atoms with Gasteiger partial charge in [-0.05, 0) is 25.7 Å². The van der Waals surface area contributed by atoms with E-state index in [2.05, 4.69) is 5.32 Å². The topological polar surface area (TPSA) is 21.3 Å². The maximum Gasteiger partial charge on any atom is 0.259 e. The lowest BCUT2D eigenvalue weighted by atomic mass is 10.0. The van der Waals surface area contributed by atoms with Crippen LogP contribution in [-0.2, 0) is 4.74 Å². The van der Waals surface area contributed by atoms with Gasteiger partial charge in [0, 0.05) is 17.5 Å². The van der Waals surface area contributed by atoms with Gasteiger partial charge in [0.1, 0.15) is 0 Å². The third-order valence-electron chi connectivity index (χ3n) is 5.01. The van der Waals surface area contributed by atoms with E-state index >= 15 is 0 Å². The van der Waals surface area contributed by atoms with Crippen LogP contribution in [0.4, 0.5) is 8.78 Å². The quantitative estimate of drug-likeness (QED) is 0.859. The van der Waals surface area contributed by atoms with E-state index in [1.54, 1.807) is 13.8 Å². The second kappa shape index (κ2) is 4.57. The van der Waals surface area contributed by atoms with Crippen molar-refractivity contribution in [2.45, 2.75) is 63.6 Å². The van der Waals surface area contributed by atoms with Gasteiger partial charge in [-0.3, -0.25) is 0 Å². The third kappa shape index (κ3) is 2.16. The lowest BCUT2D eigenvalue weighted by molar-refractivity contribution is -0.00626. The lowest BCUT2D eigenvalue weighted by Gasteiger charge is -2.29. The zero-order valence-electron chi connectivity index (χ0n) is 10.9. The first kappa shape index (κ1) is 14.5. The highest BCUT2D eigenvalue weighted by atomic mass is 35.5. The number of hydrogen-bond donors (Lipinski definition) is 1. The first-order valence-corrected chi connectivity index (χ1v) is 6.66. The average molecular weight is 282 g/mol. The number of rotatable bonds is 3. The van der Waals surface area contributed by atoms with E-state index in [-0.39, 0.29) is 25.1 Å². The summed E-state index contributed by atoms with van der Waals surface area (Å²) in [5.41, 5.74) is -0.862. The zero-order valence-corrected chi connectivity index (χ0v) is 11.7. The summed E-state index contributed by atoms with van der Waals surface area (Å²) in [6.07, 6.45) is 4.62. The van der Waals surface area contributed by atoms with E-state index in [0.717, 1.165) is 12.8 Å². The molecular weight excluding hydrogens is 260 g/mol. The molecule has 0 aromatic rings. The molecule has 3 atom stereocenters. The van der Waals surface area contributed by atoms with E-state index < -0.39 is 17.3 Å². The zero-order chi connectivity index (χ0) is 12.3. The van der Waals surface area contributed by atoms with Crippen LogP contribution in [0.25, 0.3) is 0 Å². The van der Waals surface area contributed by atoms with Crippen molar-refractivity contribution in [3.05, 3.63) is 0 Å². The summed E-state index contributed by atoms with van der Waals surface area (Å²) in [7, 11) is 0. The molecule has 18 heavy (non-hydrogen) atoms. The summed E-state index contributed by atoms with van der Waals surface area (Å²) in [6, 6.07) is 1.12. The van der Waals surface area contributed by atoms with Crippen LogP contribution >= 0.6 is 12.4 Å². The Morgan fingerprint density at radius 3 is 2.11 bits per heavy atom. The molecule has 5 heteroatoms. The van der Waals surface area contributed by atoms with E-state index in [1.807, 2.05) is 0 Å². The van der Waals surface area contributed by atoms with Crippen molar-refractivity contribution in [1.82, 2.24) is 5.32 Å². The Labute approximate surface area is 113 Å². The Hall–Kier alpha value is 0.0700. The van der Waals surface area contributed by atoms with Crippen LogP contribution in [-0.4, -0.2) is 30.7 Å². The summed E-state index contributed by atoms with van der Waals surface area (Å²) < 4.78 is 32.5. The fourth-order valence-corrected chi connectivity index (χ4v) is 3.44. The smallest absolute Gasteiger partial charge is 0.259 e. The van der Waals surface area contributed by atoms with Crippen LogP contribution in [0.2, 0.25) is 0 Å². The molecule has 0 radical (unpaired) electrons. The van der Waals surface area contributed by atoms with Crippen molar-refractivity contribution in [2.75, 3.05) is 6.61 Å². The SMILES string of the molecule is CC1(C)C(COC2CC3CCC(C2)N3)C1(F)F.Cl. The van der Waals surface area contributed by atoms with Crippen LogP contribution in [0.3, 0.4) is 0 Å². The molecular formula is C13H22ClF2NO. The largest absolute Gasteiger partial charge is 0.378 e. The number of ether oxygens (including phenoxy) is 1. The van der Waals surface area contributed by atoms with Gasteiger partial charge in [-0.25, -0.2) is 8.78 Å². The third-order valence-corrected chi connectivity index (χ3v) is 5.01. The Balaban J connectivity index is 0.00000120.